The first-order valence-corrected chi connectivity index (χ1v) is 8.47. The third kappa shape index (κ3) is 5.22. The molecule has 0 saturated carbocycles. The number of benzene rings is 2. The fraction of sp³-hybridized carbons (Fsp3) is 0.222. The van der Waals surface area contributed by atoms with E-state index in [0.717, 1.165) is 0 Å². The minimum absolute atomic E-state index is 0.138. The van der Waals surface area contributed by atoms with Gasteiger partial charge in [0.15, 0.2) is 11.5 Å². The summed E-state index contributed by atoms with van der Waals surface area (Å²) in [4.78, 5) is 24.2. The van der Waals surface area contributed by atoms with E-state index in [0.29, 0.717) is 33.8 Å². The summed E-state index contributed by atoms with van der Waals surface area (Å²) in [5.74, 6) is 0.278. The predicted octanol–water partition coefficient (Wildman–Crippen LogP) is 3.22. The Bertz CT molecular complexity index is 750. The third-order valence-electron chi connectivity index (χ3n) is 3.25. The topological polar surface area (TPSA) is 76.7 Å². The van der Waals surface area contributed by atoms with Crippen molar-refractivity contribution in [1.29, 1.82) is 0 Å². The van der Waals surface area contributed by atoms with Gasteiger partial charge in [0.05, 0.1) is 24.7 Å². The molecular weight excluding hydrogens is 388 g/mol. The van der Waals surface area contributed by atoms with E-state index in [-0.39, 0.29) is 18.4 Å². The van der Waals surface area contributed by atoms with E-state index in [4.69, 9.17) is 9.47 Å². The van der Waals surface area contributed by atoms with Crippen molar-refractivity contribution in [2.24, 2.45) is 0 Å². The molecule has 6 nitrogen and oxygen atoms in total. The highest BCUT2D eigenvalue weighted by Crippen LogP contribution is 2.36. The maximum Gasteiger partial charge on any atom is 0.251 e. The average Bonchev–Trinajstić information content (AvgIpc) is 2.62. The lowest BCUT2D eigenvalue weighted by atomic mass is 10.2. The molecule has 0 aromatic heterocycles. The molecule has 132 valence electrons. The van der Waals surface area contributed by atoms with Gasteiger partial charge in [-0.25, -0.2) is 0 Å². The van der Waals surface area contributed by atoms with Crippen molar-refractivity contribution < 1.29 is 19.1 Å². The molecule has 2 N–H and O–H groups in total. The Kier molecular flexibility index (Phi) is 6.82. The first-order chi connectivity index (χ1) is 12.0. The van der Waals surface area contributed by atoms with Crippen LogP contribution in [0.15, 0.2) is 46.9 Å². The van der Waals surface area contributed by atoms with Crippen LogP contribution in [0.3, 0.4) is 0 Å². The van der Waals surface area contributed by atoms with Gasteiger partial charge in [-0.1, -0.05) is 18.2 Å². The van der Waals surface area contributed by atoms with Crippen LogP contribution in [0.2, 0.25) is 0 Å². The number of methoxy groups -OCH3 is 1. The number of carbonyl (C=O) groups is 2. The zero-order valence-electron chi connectivity index (χ0n) is 14.0. The van der Waals surface area contributed by atoms with Gasteiger partial charge < -0.3 is 20.1 Å². The number of anilines is 1. The Hall–Kier alpha value is -2.54. The minimum Gasteiger partial charge on any atom is -0.493 e. The van der Waals surface area contributed by atoms with Gasteiger partial charge in [0.2, 0.25) is 5.91 Å². The number of halogens is 1. The summed E-state index contributed by atoms with van der Waals surface area (Å²) < 4.78 is 11.4. The predicted molar refractivity (Wildman–Crippen MR) is 99.3 cm³/mol. The van der Waals surface area contributed by atoms with E-state index >= 15 is 0 Å². The standard InChI is InChI=1S/C18H19BrN2O4/c1-3-25-17-14(19)9-12(10-15(17)24-2)18(23)20-11-16(22)21-13-7-5-4-6-8-13/h4-10H,3,11H2,1-2H3,(H,20,23)(H,21,22). The molecule has 0 heterocycles. The molecule has 0 fully saturated rings. The van der Waals surface area contributed by atoms with E-state index in [1.807, 2.05) is 25.1 Å². The number of hydrogen-bond donors (Lipinski definition) is 2. The molecule has 0 unspecified atom stereocenters. The minimum atomic E-state index is -0.384. The van der Waals surface area contributed by atoms with Gasteiger partial charge in [-0.15, -0.1) is 0 Å². The monoisotopic (exact) mass is 406 g/mol. The number of rotatable bonds is 7. The lowest BCUT2D eigenvalue weighted by Gasteiger charge is -2.13. The summed E-state index contributed by atoms with van der Waals surface area (Å²) in [5.41, 5.74) is 1.03. The number of para-hydroxylation sites is 1. The fourth-order valence-corrected chi connectivity index (χ4v) is 2.68. The summed E-state index contributed by atoms with van der Waals surface area (Å²) >= 11 is 3.37. The van der Waals surface area contributed by atoms with Crippen molar-refractivity contribution in [1.82, 2.24) is 5.32 Å². The Morgan fingerprint density at radius 1 is 1.16 bits per heavy atom. The molecule has 0 atom stereocenters. The van der Waals surface area contributed by atoms with Crippen LogP contribution in [0.4, 0.5) is 5.69 Å². The highest BCUT2D eigenvalue weighted by Gasteiger charge is 2.16. The maximum atomic E-state index is 12.3. The SMILES string of the molecule is CCOc1c(Br)cc(C(=O)NCC(=O)Nc2ccccc2)cc1OC. The van der Waals surface area contributed by atoms with E-state index in [9.17, 15) is 9.59 Å². The molecule has 2 aromatic carbocycles. The molecule has 0 aliphatic carbocycles. The van der Waals surface area contributed by atoms with Gasteiger partial charge in [-0.05, 0) is 47.1 Å². The maximum absolute atomic E-state index is 12.3. The molecule has 0 spiro atoms. The third-order valence-corrected chi connectivity index (χ3v) is 3.84. The van der Waals surface area contributed by atoms with Gasteiger partial charge in [-0.3, -0.25) is 9.59 Å². The number of hydrogen-bond acceptors (Lipinski definition) is 4. The van der Waals surface area contributed by atoms with Crippen molar-refractivity contribution in [3.8, 4) is 11.5 Å². The smallest absolute Gasteiger partial charge is 0.251 e. The lowest BCUT2D eigenvalue weighted by molar-refractivity contribution is -0.115. The van der Waals surface area contributed by atoms with Gasteiger partial charge in [0, 0.05) is 11.3 Å². The van der Waals surface area contributed by atoms with E-state index < -0.39 is 0 Å². The quantitative estimate of drug-likeness (QED) is 0.739. The second-order valence-corrected chi connectivity index (χ2v) is 5.87. The van der Waals surface area contributed by atoms with Gasteiger partial charge in [0.1, 0.15) is 0 Å². The summed E-state index contributed by atoms with van der Waals surface area (Å²) in [6.45, 7) is 2.19. The van der Waals surface area contributed by atoms with Crippen LogP contribution in [0.5, 0.6) is 11.5 Å². The number of carbonyl (C=O) groups excluding carboxylic acids is 2. The van der Waals surface area contributed by atoms with Gasteiger partial charge in [0.25, 0.3) is 5.91 Å². The molecule has 7 heteroatoms. The van der Waals surface area contributed by atoms with Gasteiger partial charge >= 0.3 is 0 Å². The second-order valence-electron chi connectivity index (χ2n) is 5.02. The molecule has 2 rings (SSSR count). The van der Waals surface area contributed by atoms with Crippen molar-refractivity contribution >= 4 is 33.4 Å². The zero-order chi connectivity index (χ0) is 18.2. The fourth-order valence-electron chi connectivity index (χ4n) is 2.12. The van der Waals surface area contributed by atoms with Crippen molar-refractivity contribution in [2.45, 2.75) is 6.92 Å². The molecule has 2 amide bonds. The van der Waals surface area contributed by atoms with Crippen molar-refractivity contribution in [3.05, 3.63) is 52.5 Å². The van der Waals surface area contributed by atoms with E-state index in [1.54, 1.807) is 24.3 Å². The zero-order valence-corrected chi connectivity index (χ0v) is 15.6. The summed E-state index contributed by atoms with van der Waals surface area (Å²) in [6.07, 6.45) is 0. The van der Waals surface area contributed by atoms with Crippen LogP contribution in [0.1, 0.15) is 17.3 Å². The molecule has 0 bridgehead atoms. The van der Waals surface area contributed by atoms with Crippen LogP contribution in [0, 0.1) is 0 Å². The largest absolute Gasteiger partial charge is 0.493 e. The summed E-state index contributed by atoms with van der Waals surface area (Å²) in [6, 6.07) is 12.2. The Labute approximate surface area is 154 Å². The summed E-state index contributed by atoms with van der Waals surface area (Å²) in [5, 5.41) is 5.28. The van der Waals surface area contributed by atoms with Crippen LogP contribution in [-0.4, -0.2) is 32.1 Å². The molecule has 0 radical (unpaired) electrons. The van der Waals surface area contributed by atoms with Crippen LogP contribution >= 0.6 is 15.9 Å². The molecule has 0 aliphatic rings. The normalized spacial score (nSPS) is 10.0. The van der Waals surface area contributed by atoms with Crippen LogP contribution in [0.25, 0.3) is 0 Å². The summed E-state index contributed by atoms with van der Waals surface area (Å²) in [7, 11) is 1.50. The van der Waals surface area contributed by atoms with Crippen LogP contribution in [-0.2, 0) is 4.79 Å². The van der Waals surface area contributed by atoms with Gasteiger partial charge in [-0.2, -0.15) is 0 Å². The molecule has 0 aliphatic heterocycles. The molecule has 2 aromatic rings. The van der Waals surface area contributed by atoms with E-state index in [2.05, 4.69) is 26.6 Å². The van der Waals surface area contributed by atoms with Crippen LogP contribution < -0.4 is 20.1 Å². The van der Waals surface area contributed by atoms with E-state index in [1.165, 1.54) is 7.11 Å². The Morgan fingerprint density at radius 3 is 2.52 bits per heavy atom. The van der Waals surface area contributed by atoms with Crippen molar-refractivity contribution in [2.75, 3.05) is 25.6 Å². The Morgan fingerprint density at radius 2 is 1.88 bits per heavy atom. The number of ether oxygens (including phenoxy) is 2. The number of amides is 2. The first kappa shape index (κ1) is 18.8. The Balaban J connectivity index is 2.00. The first-order valence-electron chi connectivity index (χ1n) is 7.68. The highest BCUT2D eigenvalue weighted by molar-refractivity contribution is 9.10. The lowest BCUT2D eigenvalue weighted by Crippen LogP contribution is -2.32. The molecule has 0 saturated heterocycles. The number of nitrogens with one attached hydrogen (secondary N) is 2. The molecular formula is C18H19BrN2O4. The molecule has 25 heavy (non-hydrogen) atoms. The van der Waals surface area contributed by atoms with Crippen molar-refractivity contribution in [3.63, 3.8) is 0 Å². The highest BCUT2D eigenvalue weighted by atomic mass is 79.9. The second kappa shape index (κ2) is 9.08. The average molecular weight is 407 g/mol.